The fraction of sp³-hybridized carbons (Fsp3) is 0.778. The minimum Gasteiger partial charge on any atom is -0.381 e. The number of guanidine groups is 1. The molecule has 0 saturated carbocycles. The van der Waals surface area contributed by atoms with Crippen molar-refractivity contribution in [3.05, 3.63) is 17.0 Å². The van der Waals surface area contributed by atoms with E-state index in [-0.39, 0.29) is 24.0 Å². The Kier molecular flexibility index (Phi) is 7.54. The quantitative estimate of drug-likeness (QED) is 0.316. The van der Waals surface area contributed by atoms with E-state index in [0.717, 1.165) is 69.6 Å². The number of aromatic nitrogens is 1. The third-order valence-corrected chi connectivity index (χ3v) is 5.29. The van der Waals surface area contributed by atoms with Gasteiger partial charge in [0.1, 0.15) is 5.76 Å². The zero-order valence-corrected chi connectivity index (χ0v) is 18.0. The molecule has 1 unspecified atom stereocenters. The SMILES string of the molecule is CCNC(=NCCCc1c(C)noc1C)N1CCC2(CCOC2)C1.I. The lowest BCUT2D eigenvalue weighted by molar-refractivity contribution is 0.156. The summed E-state index contributed by atoms with van der Waals surface area (Å²) in [5.41, 5.74) is 2.61. The topological polar surface area (TPSA) is 62.9 Å². The van der Waals surface area contributed by atoms with Gasteiger partial charge in [0.25, 0.3) is 0 Å². The molecule has 3 rings (SSSR count). The first kappa shape index (κ1) is 20.5. The lowest BCUT2D eigenvalue weighted by atomic mass is 9.87. The highest BCUT2D eigenvalue weighted by molar-refractivity contribution is 14.0. The van der Waals surface area contributed by atoms with Crippen LogP contribution in [0.3, 0.4) is 0 Å². The summed E-state index contributed by atoms with van der Waals surface area (Å²) in [6.07, 6.45) is 4.40. The Bertz CT molecular complexity index is 562. The molecule has 2 fully saturated rings. The van der Waals surface area contributed by atoms with Gasteiger partial charge in [0.15, 0.2) is 5.96 Å². The maximum Gasteiger partial charge on any atom is 0.193 e. The van der Waals surface area contributed by atoms with Gasteiger partial charge in [-0.3, -0.25) is 4.99 Å². The van der Waals surface area contributed by atoms with Crippen LogP contribution in [-0.4, -0.2) is 55.4 Å². The molecule has 2 saturated heterocycles. The molecule has 1 atom stereocenters. The lowest BCUT2D eigenvalue weighted by Crippen LogP contribution is -2.41. The Balaban J connectivity index is 0.00000225. The second-order valence-electron chi connectivity index (χ2n) is 7.12. The van der Waals surface area contributed by atoms with Crippen molar-refractivity contribution in [2.24, 2.45) is 10.4 Å². The van der Waals surface area contributed by atoms with Crippen LogP contribution in [0.2, 0.25) is 0 Å². The molecule has 0 aromatic carbocycles. The number of hydrogen-bond acceptors (Lipinski definition) is 4. The Morgan fingerprint density at radius 3 is 2.84 bits per heavy atom. The molecule has 1 aromatic rings. The zero-order chi connectivity index (χ0) is 17.0. The normalized spacial score (nSPS) is 23.3. The fourth-order valence-corrected chi connectivity index (χ4v) is 3.81. The number of nitrogens with one attached hydrogen (secondary N) is 1. The molecule has 142 valence electrons. The molecule has 1 spiro atoms. The van der Waals surface area contributed by atoms with Crippen LogP contribution in [0, 0.1) is 19.3 Å². The van der Waals surface area contributed by atoms with E-state index in [1.165, 1.54) is 18.4 Å². The molecule has 0 radical (unpaired) electrons. The van der Waals surface area contributed by atoms with Crippen LogP contribution in [0.25, 0.3) is 0 Å². The predicted octanol–water partition coefficient (Wildman–Crippen LogP) is 2.92. The summed E-state index contributed by atoms with van der Waals surface area (Å²) in [6.45, 7) is 11.8. The van der Waals surface area contributed by atoms with E-state index in [1.54, 1.807) is 0 Å². The van der Waals surface area contributed by atoms with E-state index in [2.05, 4.69) is 22.3 Å². The van der Waals surface area contributed by atoms with Gasteiger partial charge >= 0.3 is 0 Å². The molecule has 0 amide bonds. The van der Waals surface area contributed by atoms with Crippen LogP contribution in [-0.2, 0) is 11.2 Å². The van der Waals surface area contributed by atoms with E-state index in [0.29, 0.717) is 5.41 Å². The molecule has 0 aliphatic carbocycles. The van der Waals surface area contributed by atoms with E-state index in [1.807, 2.05) is 13.8 Å². The van der Waals surface area contributed by atoms with Gasteiger partial charge in [-0.05, 0) is 46.5 Å². The van der Waals surface area contributed by atoms with Gasteiger partial charge in [0, 0.05) is 43.8 Å². The Hall–Kier alpha value is -0.830. The Morgan fingerprint density at radius 2 is 2.20 bits per heavy atom. The summed E-state index contributed by atoms with van der Waals surface area (Å²) in [6, 6.07) is 0. The average molecular weight is 462 g/mol. The maximum atomic E-state index is 5.63. The molecule has 25 heavy (non-hydrogen) atoms. The van der Waals surface area contributed by atoms with E-state index < -0.39 is 0 Å². The van der Waals surface area contributed by atoms with E-state index in [4.69, 9.17) is 14.3 Å². The second-order valence-corrected chi connectivity index (χ2v) is 7.12. The molecule has 1 aromatic heterocycles. The van der Waals surface area contributed by atoms with Crippen molar-refractivity contribution in [2.45, 2.75) is 46.5 Å². The third kappa shape index (κ3) is 4.87. The van der Waals surface area contributed by atoms with Crippen molar-refractivity contribution in [3.8, 4) is 0 Å². The van der Waals surface area contributed by atoms with Crippen molar-refractivity contribution >= 4 is 29.9 Å². The molecule has 1 N–H and O–H groups in total. The number of hydrogen-bond donors (Lipinski definition) is 1. The summed E-state index contributed by atoms with van der Waals surface area (Å²) in [5, 5.41) is 7.47. The number of aryl methyl sites for hydroxylation is 2. The molecule has 2 aliphatic heterocycles. The van der Waals surface area contributed by atoms with Crippen LogP contribution < -0.4 is 5.32 Å². The summed E-state index contributed by atoms with van der Waals surface area (Å²) in [5.74, 6) is 1.99. The number of nitrogens with zero attached hydrogens (tertiary/aromatic N) is 3. The molecular weight excluding hydrogens is 431 g/mol. The Labute approximate surface area is 167 Å². The molecular formula is C18H31IN4O2. The van der Waals surface area contributed by atoms with Gasteiger partial charge in [0.2, 0.25) is 0 Å². The summed E-state index contributed by atoms with van der Waals surface area (Å²) < 4.78 is 10.9. The molecule has 0 bridgehead atoms. The van der Waals surface area contributed by atoms with Crippen molar-refractivity contribution in [1.82, 2.24) is 15.4 Å². The summed E-state index contributed by atoms with van der Waals surface area (Å²) >= 11 is 0. The average Bonchev–Trinajstić information content (AvgIpc) is 3.28. The van der Waals surface area contributed by atoms with Gasteiger partial charge in [-0.2, -0.15) is 0 Å². The van der Waals surface area contributed by atoms with E-state index >= 15 is 0 Å². The van der Waals surface area contributed by atoms with Crippen LogP contribution in [0.15, 0.2) is 9.52 Å². The first-order valence-corrected chi connectivity index (χ1v) is 9.16. The second kappa shape index (κ2) is 9.21. The van der Waals surface area contributed by atoms with Gasteiger partial charge < -0.3 is 19.5 Å². The highest BCUT2D eigenvalue weighted by Gasteiger charge is 2.42. The van der Waals surface area contributed by atoms with Crippen molar-refractivity contribution in [1.29, 1.82) is 0 Å². The highest BCUT2D eigenvalue weighted by Crippen LogP contribution is 2.38. The standard InChI is InChI=1S/C18H30N4O2.HI/c1-4-19-17(22-10-7-18(12-22)8-11-23-13-18)20-9-5-6-16-14(2)21-24-15(16)3;/h4-13H2,1-3H3,(H,19,20);1H. The summed E-state index contributed by atoms with van der Waals surface area (Å²) in [7, 11) is 0. The van der Waals surface area contributed by atoms with Gasteiger partial charge in [-0.15, -0.1) is 24.0 Å². The Morgan fingerprint density at radius 1 is 1.36 bits per heavy atom. The first-order valence-electron chi connectivity index (χ1n) is 9.16. The number of ether oxygens (including phenoxy) is 1. The van der Waals surface area contributed by atoms with Gasteiger partial charge in [0.05, 0.1) is 12.3 Å². The van der Waals surface area contributed by atoms with Gasteiger partial charge in [-0.1, -0.05) is 5.16 Å². The minimum absolute atomic E-state index is 0. The minimum atomic E-state index is 0. The smallest absolute Gasteiger partial charge is 0.193 e. The number of halogens is 1. The number of aliphatic imine (C=N–C) groups is 1. The molecule has 7 heteroatoms. The van der Waals surface area contributed by atoms with Crippen molar-refractivity contribution < 1.29 is 9.26 Å². The van der Waals surface area contributed by atoms with E-state index in [9.17, 15) is 0 Å². The van der Waals surface area contributed by atoms with Crippen molar-refractivity contribution in [2.75, 3.05) is 39.4 Å². The van der Waals surface area contributed by atoms with Crippen LogP contribution in [0.1, 0.15) is 43.2 Å². The monoisotopic (exact) mass is 462 g/mol. The van der Waals surface area contributed by atoms with Crippen LogP contribution in [0.4, 0.5) is 0 Å². The van der Waals surface area contributed by atoms with Crippen molar-refractivity contribution in [3.63, 3.8) is 0 Å². The molecule has 3 heterocycles. The number of likely N-dealkylation sites (tertiary alicyclic amines) is 1. The lowest BCUT2D eigenvalue weighted by Gasteiger charge is -2.25. The number of rotatable bonds is 5. The van der Waals surface area contributed by atoms with Crippen LogP contribution >= 0.6 is 24.0 Å². The third-order valence-electron chi connectivity index (χ3n) is 5.29. The zero-order valence-electron chi connectivity index (χ0n) is 15.6. The highest BCUT2D eigenvalue weighted by atomic mass is 127. The molecule has 6 nitrogen and oxygen atoms in total. The molecule has 2 aliphatic rings. The maximum absolute atomic E-state index is 5.63. The fourth-order valence-electron chi connectivity index (χ4n) is 3.81. The first-order chi connectivity index (χ1) is 11.6. The summed E-state index contributed by atoms with van der Waals surface area (Å²) in [4.78, 5) is 7.26. The van der Waals surface area contributed by atoms with Crippen LogP contribution in [0.5, 0.6) is 0 Å². The predicted molar refractivity (Wildman–Crippen MR) is 110 cm³/mol. The van der Waals surface area contributed by atoms with Gasteiger partial charge in [-0.25, -0.2) is 0 Å². The largest absolute Gasteiger partial charge is 0.381 e.